The minimum Gasteiger partial charge on any atom is -0.480 e. The fourth-order valence-electron chi connectivity index (χ4n) is 5.04. The molecular formula is C32H39N7O5. The Hall–Kier alpha value is -4.97. The normalized spacial score (nSPS) is 14.0. The van der Waals surface area contributed by atoms with Crippen LogP contribution in [-0.2, 0) is 38.4 Å². The average molecular weight is 602 g/mol. The number of carboxylic acid groups (broad SMARTS) is 1. The summed E-state index contributed by atoms with van der Waals surface area (Å²) < 4.78 is 0. The van der Waals surface area contributed by atoms with Gasteiger partial charge in [0.2, 0.25) is 17.7 Å². The summed E-state index contributed by atoms with van der Waals surface area (Å²) >= 11 is 0. The molecule has 0 saturated carbocycles. The van der Waals surface area contributed by atoms with Crippen molar-refractivity contribution in [2.45, 2.75) is 63.7 Å². The van der Waals surface area contributed by atoms with Crippen LogP contribution in [-0.4, -0.2) is 67.9 Å². The number of amides is 3. The third kappa shape index (κ3) is 8.77. The maximum atomic E-state index is 13.7. The van der Waals surface area contributed by atoms with E-state index in [1.54, 1.807) is 18.3 Å². The Balaban J connectivity index is 1.54. The third-order valence-electron chi connectivity index (χ3n) is 7.30. The number of carbonyl (C=O) groups is 4. The molecule has 0 spiro atoms. The highest BCUT2D eigenvalue weighted by molar-refractivity contribution is 5.94. The molecule has 12 nitrogen and oxygen atoms in total. The largest absolute Gasteiger partial charge is 0.480 e. The van der Waals surface area contributed by atoms with Crippen LogP contribution >= 0.6 is 0 Å². The second-order valence-corrected chi connectivity index (χ2v) is 11.3. The number of imidazole rings is 1. The van der Waals surface area contributed by atoms with Gasteiger partial charge in [0, 0.05) is 48.3 Å². The summed E-state index contributed by atoms with van der Waals surface area (Å²) in [6.07, 6.45) is 5.35. The maximum absolute atomic E-state index is 13.7. The molecule has 3 amide bonds. The quantitative estimate of drug-likeness (QED) is 0.108. The second-order valence-electron chi connectivity index (χ2n) is 11.3. The predicted molar refractivity (Wildman–Crippen MR) is 165 cm³/mol. The van der Waals surface area contributed by atoms with Gasteiger partial charge in [-0.2, -0.15) is 0 Å². The summed E-state index contributed by atoms with van der Waals surface area (Å²) in [5.74, 6) is -2.83. The number of para-hydroxylation sites is 1. The smallest absolute Gasteiger partial charge is 0.326 e. The lowest BCUT2D eigenvalue weighted by Crippen LogP contribution is -2.58. The molecule has 8 N–H and O–H groups in total. The lowest BCUT2D eigenvalue weighted by molar-refractivity contribution is -0.142. The number of hydrogen-bond acceptors (Lipinski definition) is 6. The van der Waals surface area contributed by atoms with Crippen LogP contribution in [0.3, 0.4) is 0 Å². The van der Waals surface area contributed by atoms with Crippen LogP contribution in [0, 0.1) is 5.92 Å². The average Bonchev–Trinajstić information content (AvgIpc) is 3.66. The molecule has 44 heavy (non-hydrogen) atoms. The lowest BCUT2D eigenvalue weighted by Gasteiger charge is -2.25. The van der Waals surface area contributed by atoms with Crippen molar-refractivity contribution >= 4 is 34.6 Å². The zero-order valence-corrected chi connectivity index (χ0v) is 24.7. The first-order chi connectivity index (χ1) is 21.1. The number of fused-ring (bicyclic) bond motifs is 1. The van der Waals surface area contributed by atoms with Crippen molar-refractivity contribution in [1.29, 1.82) is 0 Å². The number of nitrogens with zero attached hydrogens (tertiary/aromatic N) is 1. The van der Waals surface area contributed by atoms with Gasteiger partial charge in [0.1, 0.15) is 18.1 Å². The summed E-state index contributed by atoms with van der Waals surface area (Å²) in [6.45, 7) is 3.88. The molecule has 4 rings (SSSR count). The molecule has 0 aliphatic carbocycles. The molecule has 4 unspecified atom stereocenters. The first-order valence-corrected chi connectivity index (χ1v) is 14.6. The summed E-state index contributed by atoms with van der Waals surface area (Å²) in [6, 6.07) is 12.2. The van der Waals surface area contributed by atoms with Crippen molar-refractivity contribution in [1.82, 2.24) is 30.9 Å². The van der Waals surface area contributed by atoms with Gasteiger partial charge in [-0.25, -0.2) is 9.78 Å². The molecule has 232 valence electrons. The molecule has 2 aromatic carbocycles. The minimum absolute atomic E-state index is 0.0311. The number of aliphatic carboxylic acids is 1. The van der Waals surface area contributed by atoms with Gasteiger partial charge in [-0.15, -0.1) is 0 Å². The maximum Gasteiger partial charge on any atom is 0.326 e. The summed E-state index contributed by atoms with van der Waals surface area (Å²) in [5, 5.41) is 19.0. The van der Waals surface area contributed by atoms with Crippen molar-refractivity contribution in [3.63, 3.8) is 0 Å². The van der Waals surface area contributed by atoms with Gasteiger partial charge in [0.25, 0.3) is 0 Å². The molecule has 12 heteroatoms. The number of hydrogen-bond donors (Lipinski definition) is 7. The van der Waals surface area contributed by atoms with Crippen molar-refractivity contribution in [3.8, 4) is 0 Å². The lowest BCUT2D eigenvalue weighted by atomic mass is 10.0. The van der Waals surface area contributed by atoms with Gasteiger partial charge in [-0.1, -0.05) is 62.4 Å². The van der Waals surface area contributed by atoms with Gasteiger partial charge < -0.3 is 36.8 Å². The van der Waals surface area contributed by atoms with Crippen molar-refractivity contribution in [3.05, 3.63) is 90.1 Å². The van der Waals surface area contributed by atoms with Crippen molar-refractivity contribution in [2.75, 3.05) is 0 Å². The molecule has 4 aromatic rings. The van der Waals surface area contributed by atoms with Crippen LogP contribution < -0.4 is 21.7 Å². The van der Waals surface area contributed by atoms with Gasteiger partial charge in [0.05, 0.1) is 12.4 Å². The monoisotopic (exact) mass is 601 g/mol. The van der Waals surface area contributed by atoms with Crippen LogP contribution in [0.15, 0.2) is 73.3 Å². The molecule has 0 aliphatic heterocycles. The van der Waals surface area contributed by atoms with Crippen molar-refractivity contribution < 1.29 is 24.3 Å². The highest BCUT2D eigenvalue weighted by Crippen LogP contribution is 2.19. The number of aromatic amines is 2. The molecule has 0 fully saturated rings. The van der Waals surface area contributed by atoms with Gasteiger partial charge in [0.15, 0.2) is 0 Å². The van der Waals surface area contributed by atoms with Crippen molar-refractivity contribution in [2.24, 2.45) is 11.7 Å². The SMILES string of the molecule is CC(C)CC(N)C(=O)NC(Cc1cnc[nH]1)C(=O)NC(Cc1ccccc1)C(=O)NC(Cc1c[nH]c2ccccc12)C(=O)O. The van der Waals surface area contributed by atoms with E-state index in [4.69, 9.17) is 5.73 Å². The van der Waals surface area contributed by atoms with E-state index in [1.165, 1.54) is 12.5 Å². The Morgan fingerprint density at radius 3 is 2.11 bits per heavy atom. The molecule has 4 atom stereocenters. The zero-order chi connectivity index (χ0) is 31.6. The zero-order valence-electron chi connectivity index (χ0n) is 24.7. The van der Waals surface area contributed by atoms with E-state index >= 15 is 0 Å². The Morgan fingerprint density at radius 2 is 1.45 bits per heavy atom. The molecule has 0 radical (unpaired) electrons. The number of H-pyrrole nitrogens is 2. The first kappa shape index (κ1) is 32.0. The van der Waals surface area contributed by atoms with E-state index in [9.17, 15) is 24.3 Å². The number of nitrogens with one attached hydrogen (secondary N) is 5. The second kappa shape index (κ2) is 15.0. The third-order valence-corrected chi connectivity index (χ3v) is 7.30. The number of benzene rings is 2. The molecule has 0 bridgehead atoms. The van der Waals surface area contributed by atoms with Gasteiger partial charge >= 0.3 is 5.97 Å². The first-order valence-electron chi connectivity index (χ1n) is 14.6. The number of nitrogens with two attached hydrogens (primary N) is 1. The molecule has 0 aliphatic rings. The Labute approximate surface area is 255 Å². The van der Waals surface area contributed by atoms with Crippen LogP contribution in [0.5, 0.6) is 0 Å². The van der Waals surface area contributed by atoms with Gasteiger partial charge in [-0.3, -0.25) is 14.4 Å². The summed E-state index contributed by atoms with van der Waals surface area (Å²) in [4.78, 5) is 62.5. The van der Waals surface area contributed by atoms with E-state index in [0.717, 1.165) is 22.0 Å². The fraction of sp³-hybridized carbons (Fsp3) is 0.344. The van der Waals surface area contributed by atoms with E-state index in [1.807, 2.05) is 56.3 Å². The van der Waals surface area contributed by atoms with E-state index in [2.05, 4.69) is 30.9 Å². The Morgan fingerprint density at radius 1 is 0.818 bits per heavy atom. The number of carboxylic acids is 1. The van der Waals surface area contributed by atoms with E-state index in [-0.39, 0.29) is 25.2 Å². The van der Waals surface area contributed by atoms with Crippen LogP contribution in [0.4, 0.5) is 0 Å². The molecule has 2 heterocycles. The fourth-order valence-corrected chi connectivity index (χ4v) is 5.04. The molecule has 2 aromatic heterocycles. The van der Waals surface area contributed by atoms with Gasteiger partial charge in [-0.05, 0) is 29.5 Å². The Kier molecular flexibility index (Phi) is 10.9. The minimum atomic E-state index is -1.26. The van der Waals surface area contributed by atoms with Crippen LogP contribution in [0.1, 0.15) is 37.1 Å². The predicted octanol–water partition coefficient (Wildman–Crippen LogP) is 1.83. The van der Waals surface area contributed by atoms with E-state index in [0.29, 0.717) is 12.1 Å². The summed E-state index contributed by atoms with van der Waals surface area (Å²) in [7, 11) is 0. The number of carbonyl (C=O) groups excluding carboxylic acids is 3. The Bertz CT molecular complexity index is 1550. The van der Waals surface area contributed by atoms with Crippen LogP contribution in [0.2, 0.25) is 0 Å². The number of rotatable bonds is 15. The molecule has 0 saturated heterocycles. The van der Waals surface area contributed by atoms with E-state index < -0.39 is 47.9 Å². The number of aromatic nitrogens is 3. The summed E-state index contributed by atoms with van der Waals surface area (Å²) in [5.41, 5.74) is 9.01. The topological polar surface area (TPSA) is 195 Å². The highest BCUT2D eigenvalue weighted by Gasteiger charge is 2.31. The molecular weight excluding hydrogens is 562 g/mol. The standard InChI is InChI=1S/C32H39N7O5/c1-19(2)12-24(33)29(40)37-27(15-22-17-34-18-36-22)31(42)38-26(13-20-8-4-3-5-9-20)30(41)39-28(32(43)44)14-21-16-35-25-11-7-6-10-23(21)25/h3-11,16-19,24,26-28,35H,12-15,33H2,1-2H3,(H,34,36)(H,37,40)(H,38,42)(H,39,41)(H,43,44). The highest BCUT2D eigenvalue weighted by atomic mass is 16.4. The van der Waals surface area contributed by atoms with Crippen LogP contribution in [0.25, 0.3) is 10.9 Å².